The molecule has 2 rings (SSSR count). The number of nitrogens with zero attached hydrogens (tertiary/aromatic N) is 2. The Balaban J connectivity index is 1.70. The minimum Gasteiger partial charge on any atom is -0.395 e. The Morgan fingerprint density at radius 1 is 1.19 bits per heavy atom. The molecule has 0 atom stereocenters. The summed E-state index contributed by atoms with van der Waals surface area (Å²) in [6.45, 7) is 4.76. The van der Waals surface area contributed by atoms with Gasteiger partial charge in [0.2, 0.25) is 5.91 Å². The fourth-order valence-electron chi connectivity index (χ4n) is 2.41. The number of nitrogens with one attached hydrogen (secondary N) is 1. The monoisotopic (exact) mass is 295 g/mol. The van der Waals surface area contributed by atoms with Crippen molar-refractivity contribution in [3.63, 3.8) is 0 Å². The molecule has 0 aliphatic carbocycles. The first-order chi connectivity index (χ1) is 10.2. The van der Waals surface area contributed by atoms with Gasteiger partial charge in [0.15, 0.2) is 0 Å². The first-order valence-electron chi connectivity index (χ1n) is 7.24. The Kier molecular flexibility index (Phi) is 6.10. The predicted molar refractivity (Wildman–Crippen MR) is 78.2 cm³/mol. The Hall–Kier alpha value is -1.50. The van der Waals surface area contributed by atoms with Crippen molar-refractivity contribution >= 4 is 5.91 Å². The topological polar surface area (TPSA) is 55.8 Å². The molecule has 0 saturated carbocycles. The highest BCUT2D eigenvalue weighted by atomic mass is 19.1. The Labute approximate surface area is 124 Å². The summed E-state index contributed by atoms with van der Waals surface area (Å²) in [5.41, 5.74) is 0.499. The first kappa shape index (κ1) is 15.9. The maximum absolute atomic E-state index is 13.4. The number of aliphatic hydroxyl groups is 1. The van der Waals surface area contributed by atoms with Gasteiger partial charge in [0, 0.05) is 44.8 Å². The second kappa shape index (κ2) is 8.07. The molecule has 6 heteroatoms. The van der Waals surface area contributed by atoms with E-state index in [-0.39, 0.29) is 24.9 Å². The SMILES string of the molecule is O=C(CN1CCN(CCO)CC1)NCc1ccccc1F. The minimum atomic E-state index is -0.296. The van der Waals surface area contributed by atoms with E-state index in [1.54, 1.807) is 18.2 Å². The summed E-state index contributed by atoms with van der Waals surface area (Å²) in [7, 11) is 0. The predicted octanol–water partition coefficient (Wildman–Crippen LogP) is 0.0518. The van der Waals surface area contributed by atoms with E-state index in [0.29, 0.717) is 18.7 Å². The van der Waals surface area contributed by atoms with Crippen molar-refractivity contribution in [3.8, 4) is 0 Å². The Morgan fingerprint density at radius 3 is 2.52 bits per heavy atom. The summed E-state index contributed by atoms with van der Waals surface area (Å²) in [5, 5.41) is 11.6. The van der Waals surface area contributed by atoms with Gasteiger partial charge in [-0.15, -0.1) is 0 Å². The molecule has 0 aromatic heterocycles. The fourth-order valence-corrected chi connectivity index (χ4v) is 2.41. The van der Waals surface area contributed by atoms with Crippen molar-refractivity contribution in [1.82, 2.24) is 15.1 Å². The van der Waals surface area contributed by atoms with Gasteiger partial charge in [0.25, 0.3) is 0 Å². The van der Waals surface area contributed by atoms with E-state index in [4.69, 9.17) is 5.11 Å². The lowest BCUT2D eigenvalue weighted by Crippen LogP contribution is -2.49. The highest BCUT2D eigenvalue weighted by Gasteiger charge is 2.18. The molecule has 5 nitrogen and oxygen atoms in total. The number of carbonyl (C=O) groups is 1. The van der Waals surface area contributed by atoms with Crippen LogP contribution in [0.3, 0.4) is 0 Å². The van der Waals surface area contributed by atoms with E-state index in [1.807, 2.05) is 0 Å². The van der Waals surface area contributed by atoms with Crippen LogP contribution in [0.5, 0.6) is 0 Å². The van der Waals surface area contributed by atoms with E-state index in [9.17, 15) is 9.18 Å². The molecule has 1 amide bonds. The van der Waals surface area contributed by atoms with E-state index in [1.165, 1.54) is 6.07 Å². The van der Waals surface area contributed by atoms with Crippen molar-refractivity contribution in [2.24, 2.45) is 0 Å². The molecule has 0 bridgehead atoms. The van der Waals surface area contributed by atoms with Crippen LogP contribution in [-0.2, 0) is 11.3 Å². The van der Waals surface area contributed by atoms with Gasteiger partial charge in [-0.3, -0.25) is 14.6 Å². The van der Waals surface area contributed by atoms with Gasteiger partial charge in [-0.2, -0.15) is 0 Å². The minimum absolute atomic E-state index is 0.0890. The van der Waals surface area contributed by atoms with Gasteiger partial charge < -0.3 is 10.4 Å². The third-order valence-electron chi connectivity index (χ3n) is 3.68. The van der Waals surface area contributed by atoms with Gasteiger partial charge in [0.05, 0.1) is 13.2 Å². The number of amides is 1. The van der Waals surface area contributed by atoms with Crippen LogP contribution >= 0.6 is 0 Å². The highest BCUT2D eigenvalue weighted by Crippen LogP contribution is 2.05. The smallest absolute Gasteiger partial charge is 0.234 e. The number of rotatable bonds is 6. The number of benzene rings is 1. The summed E-state index contributed by atoms with van der Waals surface area (Å²) in [4.78, 5) is 16.1. The summed E-state index contributed by atoms with van der Waals surface area (Å²) < 4.78 is 13.4. The van der Waals surface area contributed by atoms with Crippen molar-refractivity contribution in [2.75, 3.05) is 45.9 Å². The Morgan fingerprint density at radius 2 is 1.86 bits per heavy atom. The largest absolute Gasteiger partial charge is 0.395 e. The average Bonchev–Trinajstić information content (AvgIpc) is 2.49. The number of halogens is 1. The van der Waals surface area contributed by atoms with Crippen LogP contribution < -0.4 is 5.32 Å². The second-order valence-electron chi connectivity index (χ2n) is 5.21. The van der Waals surface area contributed by atoms with Crippen molar-refractivity contribution in [1.29, 1.82) is 0 Å². The second-order valence-corrected chi connectivity index (χ2v) is 5.21. The molecule has 1 heterocycles. The van der Waals surface area contributed by atoms with Crippen molar-refractivity contribution in [3.05, 3.63) is 35.6 Å². The van der Waals surface area contributed by atoms with Crippen molar-refractivity contribution in [2.45, 2.75) is 6.54 Å². The van der Waals surface area contributed by atoms with E-state index < -0.39 is 0 Å². The van der Waals surface area contributed by atoms with Crippen LogP contribution in [0, 0.1) is 5.82 Å². The van der Waals surface area contributed by atoms with Gasteiger partial charge >= 0.3 is 0 Å². The molecule has 0 spiro atoms. The lowest BCUT2D eigenvalue weighted by Gasteiger charge is -2.33. The van der Waals surface area contributed by atoms with E-state index in [2.05, 4.69) is 15.1 Å². The molecule has 0 radical (unpaired) electrons. The average molecular weight is 295 g/mol. The summed E-state index contributed by atoms with van der Waals surface area (Å²) >= 11 is 0. The molecule has 0 unspecified atom stereocenters. The molecular weight excluding hydrogens is 273 g/mol. The zero-order chi connectivity index (χ0) is 15.1. The first-order valence-corrected chi connectivity index (χ1v) is 7.24. The number of hydrogen-bond acceptors (Lipinski definition) is 4. The number of carbonyl (C=O) groups excluding carboxylic acids is 1. The van der Waals surface area contributed by atoms with Crippen LogP contribution in [0.2, 0.25) is 0 Å². The standard InChI is InChI=1S/C15H22FN3O2/c16-14-4-2-1-3-13(14)11-17-15(21)12-19-7-5-18(6-8-19)9-10-20/h1-4,20H,5-12H2,(H,17,21). The van der Waals surface area contributed by atoms with Crippen LogP contribution in [-0.4, -0.2) is 66.7 Å². The maximum Gasteiger partial charge on any atom is 0.234 e. The third-order valence-corrected chi connectivity index (χ3v) is 3.68. The molecule has 2 N–H and O–H groups in total. The molecule has 1 saturated heterocycles. The number of β-amino-alcohol motifs (C(OH)–C–C–N with tert-alkyl or cyclic N) is 1. The zero-order valence-electron chi connectivity index (χ0n) is 12.1. The van der Waals surface area contributed by atoms with Crippen LogP contribution in [0.1, 0.15) is 5.56 Å². The zero-order valence-corrected chi connectivity index (χ0v) is 12.1. The number of piperazine rings is 1. The van der Waals surface area contributed by atoms with Gasteiger partial charge in [-0.25, -0.2) is 4.39 Å². The molecule has 1 aliphatic heterocycles. The van der Waals surface area contributed by atoms with Gasteiger partial charge in [-0.05, 0) is 6.07 Å². The highest BCUT2D eigenvalue weighted by molar-refractivity contribution is 5.78. The lowest BCUT2D eigenvalue weighted by molar-refractivity contribution is -0.122. The van der Waals surface area contributed by atoms with Crippen LogP contribution in [0.15, 0.2) is 24.3 Å². The summed E-state index contributed by atoms with van der Waals surface area (Å²) in [6, 6.07) is 6.45. The van der Waals surface area contributed by atoms with Gasteiger partial charge in [-0.1, -0.05) is 18.2 Å². The lowest BCUT2D eigenvalue weighted by atomic mass is 10.2. The van der Waals surface area contributed by atoms with Crippen molar-refractivity contribution < 1.29 is 14.3 Å². The molecular formula is C15H22FN3O2. The molecule has 116 valence electrons. The fraction of sp³-hybridized carbons (Fsp3) is 0.533. The summed E-state index contributed by atoms with van der Waals surface area (Å²) in [6.07, 6.45) is 0. The van der Waals surface area contributed by atoms with Crippen LogP contribution in [0.25, 0.3) is 0 Å². The molecule has 1 aromatic rings. The quantitative estimate of drug-likeness (QED) is 0.779. The van der Waals surface area contributed by atoms with Crippen LogP contribution in [0.4, 0.5) is 4.39 Å². The number of aliphatic hydroxyl groups excluding tert-OH is 1. The maximum atomic E-state index is 13.4. The normalized spacial score (nSPS) is 16.9. The molecule has 1 aromatic carbocycles. The molecule has 21 heavy (non-hydrogen) atoms. The molecule has 1 aliphatic rings. The van der Waals surface area contributed by atoms with Gasteiger partial charge in [0.1, 0.15) is 5.82 Å². The molecule has 1 fully saturated rings. The number of hydrogen-bond donors (Lipinski definition) is 2. The van der Waals surface area contributed by atoms with E-state index >= 15 is 0 Å². The van der Waals surface area contributed by atoms with E-state index in [0.717, 1.165) is 26.2 Å². The third kappa shape index (κ3) is 5.08. The summed E-state index contributed by atoms with van der Waals surface area (Å²) in [5.74, 6) is -0.385. The Bertz CT molecular complexity index is 462.